The van der Waals surface area contributed by atoms with Crippen LogP contribution >= 0.6 is 0 Å². The number of nitrogens with one attached hydrogen (secondary N) is 1. The van der Waals surface area contributed by atoms with Gasteiger partial charge in [0, 0.05) is 18.7 Å². The molecule has 2 amide bonds. The molecule has 0 saturated carbocycles. The van der Waals surface area contributed by atoms with Gasteiger partial charge in [0.2, 0.25) is 0 Å². The van der Waals surface area contributed by atoms with E-state index in [-0.39, 0.29) is 11.8 Å². The Kier molecular flexibility index (Phi) is 8.60. The van der Waals surface area contributed by atoms with Crippen molar-refractivity contribution >= 4 is 11.8 Å². The first kappa shape index (κ1) is 25.6. The summed E-state index contributed by atoms with van der Waals surface area (Å²) in [6.45, 7) is 0.620. The van der Waals surface area contributed by atoms with Crippen molar-refractivity contribution in [3.05, 3.63) is 120 Å². The molecule has 7 heteroatoms. The molecule has 190 valence electrons. The highest BCUT2D eigenvalue weighted by atomic mass is 16.5. The van der Waals surface area contributed by atoms with Crippen molar-refractivity contribution in [1.29, 1.82) is 0 Å². The van der Waals surface area contributed by atoms with Gasteiger partial charge in [0.1, 0.15) is 5.76 Å². The van der Waals surface area contributed by atoms with Crippen molar-refractivity contribution in [2.45, 2.75) is 19.0 Å². The van der Waals surface area contributed by atoms with Gasteiger partial charge in [-0.3, -0.25) is 9.59 Å². The van der Waals surface area contributed by atoms with Crippen LogP contribution in [-0.2, 0) is 17.8 Å². The topological polar surface area (TPSA) is 81.0 Å². The molecule has 0 saturated heterocycles. The summed E-state index contributed by atoms with van der Waals surface area (Å²) >= 11 is 0. The number of benzene rings is 3. The minimum Gasteiger partial charge on any atom is -0.493 e. The van der Waals surface area contributed by atoms with Crippen molar-refractivity contribution in [3.63, 3.8) is 0 Å². The van der Waals surface area contributed by atoms with Crippen LogP contribution in [0.25, 0.3) is 0 Å². The Bertz CT molecular complexity index is 1290. The van der Waals surface area contributed by atoms with Crippen LogP contribution < -0.4 is 14.8 Å². The van der Waals surface area contributed by atoms with E-state index in [0.29, 0.717) is 42.3 Å². The number of nitrogens with zero attached hydrogens (tertiary/aromatic N) is 1. The first-order valence-corrected chi connectivity index (χ1v) is 12.0. The third-order valence-electron chi connectivity index (χ3n) is 6.06. The molecule has 37 heavy (non-hydrogen) atoms. The summed E-state index contributed by atoms with van der Waals surface area (Å²) in [6, 6.07) is 26.9. The van der Waals surface area contributed by atoms with Crippen LogP contribution in [0.2, 0.25) is 0 Å². The highest BCUT2D eigenvalue weighted by molar-refractivity contribution is 5.98. The van der Waals surface area contributed by atoms with E-state index in [2.05, 4.69) is 5.32 Å². The number of carbonyl (C=O) groups excluding carboxylic acids is 2. The first-order valence-electron chi connectivity index (χ1n) is 12.0. The maximum atomic E-state index is 14.0. The predicted octanol–water partition coefficient (Wildman–Crippen LogP) is 5.04. The van der Waals surface area contributed by atoms with Gasteiger partial charge in [0.25, 0.3) is 11.8 Å². The molecule has 0 bridgehead atoms. The number of ether oxygens (including phenoxy) is 2. The summed E-state index contributed by atoms with van der Waals surface area (Å²) in [5.41, 5.74) is 2.38. The third-order valence-corrected chi connectivity index (χ3v) is 6.06. The molecule has 0 aliphatic heterocycles. The molecule has 7 nitrogen and oxygen atoms in total. The summed E-state index contributed by atoms with van der Waals surface area (Å²) in [7, 11) is 3.05. The molecule has 3 aromatic carbocycles. The fraction of sp³-hybridized carbons (Fsp3) is 0.200. The Morgan fingerprint density at radius 3 is 2.14 bits per heavy atom. The van der Waals surface area contributed by atoms with Crippen molar-refractivity contribution in [3.8, 4) is 11.5 Å². The minimum atomic E-state index is -0.969. The molecule has 1 N–H and O–H groups in total. The monoisotopic (exact) mass is 498 g/mol. The van der Waals surface area contributed by atoms with Gasteiger partial charge in [-0.1, -0.05) is 60.7 Å². The third kappa shape index (κ3) is 6.38. The minimum absolute atomic E-state index is 0.293. The molecule has 4 rings (SSSR count). The largest absolute Gasteiger partial charge is 0.493 e. The number of hydrogen-bond donors (Lipinski definition) is 1. The Labute approximate surface area is 216 Å². The maximum Gasteiger partial charge on any atom is 0.255 e. The van der Waals surface area contributed by atoms with Gasteiger partial charge in [0.05, 0.1) is 20.5 Å². The zero-order chi connectivity index (χ0) is 26.0. The van der Waals surface area contributed by atoms with Crippen molar-refractivity contribution in [1.82, 2.24) is 10.2 Å². The van der Waals surface area contributed by atoms with Gasteiger partial charge >= 0.3 is 0 Å². The Balaban J connectivity index is 1.68. The quantitative estimate of drug-likeness (QED) is 0.313. The number of furan rings is 1. The number of carbonyl (C=O) groups is 2. The fourth-order valence-electron chi connectivity index (χ4n) is 4.13. The Morgan fingerprint density at radius 1 is 0.838 bits per heavy atom. The van der Waals surface area contributed by atoms with E-state index >= 15 is 0 Å². The average Bonchev–Trinajstić information content (AvgIpc) is 3.48. The van der Waals surface area contributed by atoms with Crippen molar-refractivity contribution < 1.29 is 23.5 Å². The van der Waals surface area contributed by atoms with E-state index in [1.807, 2.05) is 60.7 Å². The van der Waals surface area contributed by atoms with E-state index < -0.39 is 6.04 Å². The van der Waals surface area contributed by atoms with Gasteiger partial charge in [-0.2, -0.15) is 0 Å². The molecule has 0 radical (unpaired) electrons. The zero-order valence-electron chi connectivity index (χ0n) is 20.9. The molecule has 1 atom stereocenters. The number of hydrogen-bond acceptors (Lipinski definition) is 5. The van der Waals surface area contributed by atoms with E-state index in [0.717, 1.165) is 11.1 Å². The summed E-state index contributed by atoms with van der Waals surface area (Å²) in [4.78, 5) is 29.1. The number of rotatable bonds is 11. The fourth-order valence-corrected chi connectivity index (χ4v) is 4.13. The maximum absolute atomic E-state index is 14.0. The summed E-state index contributed by atoms with van der Waals surface area (Å²) < 4.78 is 16.4. The Morgan fingerprint density at radius 2 is 1.51 bits per heavy atom. The van der Waals surface area contributed by atoms with Gasteiger partial charge in [0.15, 0.2) is 17.5 Å². The molecule has 0 aliphatic rings. The smallest absolute Gasteiger partial charge is 0.255 e. The van der Waals surface area contributed by atoms with Gasteiger partial charge in [-0.15, -0.1) is 0 Å². The number of methoxy groups -OCH3 is 2. The molecule has 1 heterocycles. The van der Waals surface area contributed by atoms with Crippen LogP contribution in [0.1, 0.15) is 33.3 Å². The molecular formula is C30H30N2O5. The molecule has 0 fully saturated rings. The first-order chi connectivity index (χ1) is 18.1. The highest BCUT2D eigenvalue weighted by Crippen LogP contribution is 2.30. The summed E-state index contributed by atoms with van der Waals surface area (Å²) in [6.07, 6.45) is 2.06. The average molecular weight is 499 g/mol. The van der Waals surface area contributed by atoms with Crippen LogP contribution in [0, 0.1) is 0 Å². The van der Waals surface area contributed by atoms with Crippen molar-refractivity contribution in [2.24, 2.45) is 0 Å². The summed E-state index contributed by atoms with van der Waals surface area (Å²) in [5.74, 6) is 0.666. The SMILES string of the molecule is COc1ccc(C(=O)N(CCc2ccccc2)C(C(=O)NCc2ccccc2)c2ccco2)cc1OC. The zero-order valence-corrected chi connectivity index (χ0v) is 20.9. The van der Waals surface area contributed by atoms with Crippen LogP contribution in [0.4, 0.5) is 0 Å². The van der Waals surface area contributed by atoms with E-state index in [9.17, 15) is 9.59 Å². The molecular weight excluding hydrogens is 468 g/mol. The predicted molar refractivity (Wildman–Crippen MR) is 140 cm³/mol. The van der Waals surface area contributed by atoms with E-state index in [1.165, 1.54) is 20.5 Å². The Hall–Kier alpha value is -4.52. The van der Waals surface area contributed by atoms with Crippen LogP contribution in [0.5, 0.6) is 11.5 Å². The second-order valence-corrected chi connectivity index (χ2v) is 8.43. The number of amides is 2. The van der Waals surface area contributed by atoms with Gasteiger partial charge in [-0.05, 0) is 47.9 Å². The lowest BCUT2D eigenvalue weighted by Crippen LogP contribution is -2.44. The lowest BCUT2D eigenvalue weighted by Gasteiger charge is -2.30. The molecule has 1 unspecified atom stereocenters. The van der Waals surface area contributed by atoms with E-state index in [1.54, 1.807) is 35.2 Å². The normalized spacial score (nSPS) is 11.4. The van der Waals surface area contributed by atoms with Crippen LogP contribution in [0.3, 0.4) is 0 Å². The second kappa shape index (κ2) is 12.4. The molecule has 0 spiro atoms. The standard InChI is InChI=1S/C30H30N2O5/c1-35-25-16-15-24(20-27(25)36-2)30(34)32(18-17-22-10-5-3-6-11-22)28(26-14-9-19-37-26)29(33)31-21-23-12-7-4-8-13-23/h3-16,19-20,28H,17-18,21H2,1-2H3,(H,31,33). The summed E-state index contributed by atoms with van der Waals surface area (Å²) in [5, 5.41) is 2.98. The van der Waals surface area contributed by atoms with E-state index in [4.69, 9.17) is 13.9 Å². The lowest BCUT2D eigenvalue weighted by molar-refractivity contribution is -0.126. The van der Waals surface area contributed by atoms with Gasteiger partial charge in [-0.25, -0.2) is 0 Å². The second-order valence-electron chi connectivity index (χ2n) is 8.43. The van der Waals surface area contributed by atoms with Crippen LogP contribution in [0.15, 0.2) is 102 Å². The molecule has 1 aromatic heterocycles. The van der Waals surface area contributed by atoms with Crippen LogP contribution in [-0.4, -0.2) is 37.5 Å². The lowest BCUT2D eigenvalue weighted by atomic mass is 10.1. The highest BCUT2D eigenvalue weighted by Gasteiger charge is 2.34. The van der Waals surface area contributed by atoms with Crippen molar-refractivity contribution in [2.75, 3.05) is 20.8 Å². The van der Waals surface area contributed by atoms with Gasteiger partial charge < -0.3 is 24.1 Å². The molecule has 0 aliphatic carbocycles. The molecule has 4 aromatic rings.